The molecule has 5 nitrogen and oxygen atoms in total. The number of sulfonamides is 1. The number of hydrogen-bond acceptors (Lipinski definition) is 4. The van der Waals surface area contributed by atoms with Crippen molar-refractivity contribution in [3.05, 3.63) is 53.3 Å². The maximum absolute atomic E-state index is 13.3. The van der Waals surface area contributed by atoms with Gasteiger partial charge in [-0.15, -0.1) is 0 Å². The van der Waals surface area contributed by atoms with Gasteiger partial charge in [-0.1, -0.05) is 0 Å². The van der Waals surface area contributed by atoms with E-state index in [1.54, 1.807) is 35.9 Å². The average Bonchev–Trinajstić information content (AvgIpc) is 3.05. The molecule has 0 saturated carbocycles. The van der Waals surface area contributed by atoms with Crippen LogP contribution in [0.2, 0.25) is 0 Å². The van der Waals surface area contributed by atoms with Crippen molar-refractivity contribution in [3.63, 3.8) is 0 Å². The molecule has 128 valence electrons. The van der Waals surface area contributed by atoms with Crippen molar-refractivity contribution < 1.29 is 13.2 Å². The fourth-order valence-electron chi connectivity index (χ4n) is 3.50. The molecule has 1 atom stereocenters. The van der Waals surface area contributed by atoms with Crippen LogP contribution in [0.4, 0.5) is 0 Å². The Morgan fingerprint density at radius 1 is 1.17 bits per heavy atom. The van der Waals surface area contributed by atoms with Gasteiger partial charge in [0.05, 0.1) is 18.0 Å². The van der Waals surface area contributed by atoms with Gasteiger partial charge in [-0.2, -0.15) is 4.31 Å². The van der Waals surface area contributed by atoms with Crippen molar-refractivity contribution in [2.24, 2.45) is 0 Å². The van der Waals surface area contributed by atoms with E-state index in [1.807, 2.05) is 26.0 Å². The first-order chi connectivity index (χ1) is 11.4. The normalized spacial score (nSPS) is 18.7. The van der Waals surface area contributed by atoms with Crippen LogP contribution in [0.5, 0.6) is 5.75 Å². The Balaban J connectivity index is 2.05. The summed E-state index contributed by atoms with van der Waals surface area (Å²) in [4.78, 5) is 4.42. The highest BCUT2D eigenvalue weighted by Gasteiger charge is 2.37. The predicted octanol–water partition coefficient (Wildman–Crippen LogP) is 3.23. The maximum Gasteiger partial charge on any atom is 0.244 e. The zero-order valence-corrected chi connectivity index (χ0v) is 15.0. The number of benzene rings is 1. The molecule has 1 aromatic carbocycles. The SMILES string of the molecule is COc1cc(C)c(S(=O)(=O)N2CCC[C@@H]2c2ccncc2)c(C)c1. The molecule has 0 N–H and O–H groups in total. The van der Waals surface area contributed by atoms with E-state index < -0.39 is 10.0 Å². The highest BCUT2D eigenvalue weighted by Crippen LogP contribution is 2.38. The van der Waals surface area contributed by atoms with Crippen LogP contribution in [0.25, 0.3) is 0 Å². The van der Waals surface area contributed by atoms with E-state index in [4.69, 9.17) is 4.74 Å². The topological polar surface area (TPSA) is 59.5 Å². The first-order valence-electron chi connectivity index (χ1n) is 8.02. The van der Waals surface area contributed by atoms with Gasteiger partial charge in [0.1, 0.15) is 5.75 Å². The summed E-state index contributed by atoms with van der Waals surface area (Å²) >= 11 is 0. The van der Waals surface area contributed by atoms with Gasteiger partial charge < -0.3 is 4.74 Å². The molecule has 2 heterocycles. The van der Waals surface area contributed by atoms with Crippen LogP contribution in [0.15, 0.2) is 41.6 Å². The minimum Gasteiger partial charge on any atom is -0.497 e. The minimum absolute atomic E-state index is 0.126. The lowest BCUT2D eigenvalue weighted by Gasteiger charge is -2.26. The summed E-state index contributed by atoms with van der Waals surface area (Å²) in [6.45, 7) is 4.18. The Kier molecular flexibility index (Phi) is 4.60. The third-order valence-corrected chi connectivity index (χ3v) is 6.75. The molecule has 6 heteroatoms. The number of aryl methyl sites for hydroxylation is 2. The fourth-order valence-corrected chi connectivity index (χ4v) is 5.60. The number of hydrogen-bond donors (Lipinski definition) is 0. The predicted molar refractivity (Wildman–Crippen MR) is 92.6 cm³/mol. The summed E-state index contributed by atoms with van der Waals surface area (Å²) in [5.41, 5.74) is 2.43. The Labute approximate surface area is 143 Å². The molecule has 0 unspecified atom stereocenters. The summed E-state index contributed by atoms with van der Waals surface area (Å²) in [5, 5.41) is 0. The Morgan fingerprint density at radius 2 is 1.79 bits per heavy atom. The van der Waals surface area contributed by atoms with Crippen LogP contribution in [0.3, 0.4) is 0 Å². The van der Waals surface area contributed by atoms with E-state index in [1.165, 1.54) is 0 Å². The van der Waals surface area contributed by atoms with Crippen LogP contribution in [-0.2, 0) is 10.0 Å². The number of rotatable bonds is 4. The highest BCUT2D eigenvalue weighted by molar-refractivity contribution is 7.89. The lowest BCUT2D eigenvalue weighted by molar-refractivity contribution is 0.395. The molecule has 1 aliphatic rings. The summed E-state index contributed by atoms with van der Waals surface area (Å²) in [6.07, 6.45) is 5.11. The summed E-state index contributed by atoms with van der Waals surface area (Å²) < 4.78 is 33.5. The molecule has 0 bridgehead atoms. The van der Waals surface area contributed by atoms with Crippen molar-refractivity contribution in [2.45, 2.75) is 37.6 Å². The molecular formula is C18H22N2O3S. The summed E-state index contributed by atoms with van der Waals surface area (Å²) in [7, 11) is -1.98. The van der Waals surface area contributed by atoms with Crippen molar-refractivity contribution in [3.8, 4) is 5.75 Å². The molecule has 1 aromatic heterocycles. The van der Waals surface area contributed by atoms with Gasteiger partial charge in [0.2, 0.25) is 10.0 Å². The molecule has 1 aliphatic heterocycles. The minimum atomic E-state index is -3.56. The second-order valence-electron chi connectivity index (χ2n) is 6.14. The smallest absolute Gasteiger partial charge is 0.244 e. The third kappa shape index (κ3) is 2.91. The number of methoxy groups -OCH3 is 1. The van der Waals surface area contributed by atoms with Gasteiger partial charge in [-0.25, -0.2) is 8.42 Å². The van der Waals surface area contributed by atoms with E-state index in [0.717, 1.165) is 18.4 Å². The van der Waals surface area contributed by atoms with Gasteiger partial charge in [-0.05, 0) is 67.6 Å². The second-order valence-corrected chi connectivity index (χ2v) is 7.97. The number of aromatic nitrogens is 1. The van der Waals surface area contributed by atoms with Crippen molar-refractivity contribution >= 4 is 10.0 Å². The van der Waals surface area contributed by atoms with Crippen LogP contribution in [-0.4, -0.2) is 31.4 Å². The highest BCUT2D eigenvalue weighted by atomic mass is 32.2. The Morgan fingerprint density at radius 3 is 2.38 bits per heavy atom. The second kappa shape index (κ2) is 6.53. The zero-order valence-electron chi connectivity index (χ0n) is 14.2. The number of ether oxygens (including phenoxy) is 1. The van der Waals surface area contributed by atoms with Gasteiger partial charge in [0, 0.05) is 18.9 Å². The van der Waals surface area contributed by atoms with E-state index in [2.05, 4.69) is 4.98 Å². The van der Waals surface area contributed by atoms with Crippen molar-refractivity contribution in [1.29, 1.82) is 0 Å². The molecular weight excluding hydrogens is 324 g/mol. The van der Waals surface area contributed by atoms with E-state index >= 15 is 0 Å². The van der Waals surface area contributed by atoms with Crippen molar-refractivity contribution in [2.75, 3.05) is 13.7 Å². The maximum atomic E-state index is 13.3. The van der Waals surface area contributed by atoms with Crippen LogP contribution in [0, 0.1) is 13.8 Å². The molecule has 1 fully saturated rings. The molecule has 0 radical (unpaired) electrons. The standard InChI is InChI=1S/C18H22N2O3S/c1-13-11-16(23-3)12-14(2)18(13)24(21,22)20-10-4-5-17(20)15-6-8-19-9-7-15/h6-9,11-12,17H,4-5,10H2,1-3H3/t17-/m1/s1. The Hall–Kier alpha value is -1.92. The Bertz CT molecular complexity index is 812. The van der Waals surface area contributed by atoms with Crippen LogP contribution >= 0.6 is 0 Å². The van der Waals surface area contributed by atoms with Gasteiger partial charge >= 0.3 is 0 Å². The lowest BCUT2D eigenvalue weighted by Crippen LogP contribution is -2.31. The first kappa shape index (κ1) is 16.9. The molecule has 1 saturated heterocycles. The quantitative estimate of drug-likeness (QED) is 0.853. The average molecular weight is 346 g/mol. The lowest BCUT2D eigenvalue weighted by atomic mass is 10.1. The van der Waals surface area contributed by atoms with Gasteiger partial charge in [0.15, 0.2) is 0 Å². The van der Waals surface area contributed by atoms with E-state index in [9.17, 15) is 8.42 Å². The first-order valence-corrected chi connectivity index (χ1v) is 9.46. The van der Waals surface area contributed by atoms with Gasteiger partial charge in [-0.3, -0.25) is 4.98 Å². The van der Waals surface area contributed by atoms with Crippen LogP contribution in [0.1, 0.15) is 35.6 Å². The molecule has 3 rings (SSSR count). The third-order valence-electron chi connectivity index (χ3n) is 4.53. The monoisotopic (exact) mass is 346 g/mol. The largest absolute Gasteiger partial charge is 0.497 e. The van der Waals surface area contributed by atoms with Gasteiger partial charge in [0.25, 0.3) is 0 Å². The number of pyridine rings is 1. The van der Waals surface area contributed by atoms with E-state index in [-0.39, 0.29) is 6.04 Å². The van der Waals surface area contributed by atoms with Crippen LogP contribution < -0.4 is 4.74 Å². The summed E-state index contributed by atoms with van der Waals surface area (Å²) in [6, 6.07) is 7.21. The molecule has 0 aliphatic carbocycles. The number of nitrogens with zero attached hydrogens (tertiary/aromatic N) is 2. The van der Waals surface area contributed by atoms with Crippen molar-refractivity contribution in [1.82, 2.24) is 9.29 Å². The molecule has 24 heavy (non-hydrogen) atoms. The molecule has 0 amide bonds. The zero-order chi connectivity index (χ0) is 17.3. The van der Waals surface area contributed by atoms with E-state index in [0.29, 0.717) is 28.3 Å². The molecule has 0 spiro atoms. The summed E-state index contributed by atoms with van der Waals surface area (Å²) in [5.74, 6) is 0.677. The molecule has 2 aromatic rings. The fraction of sp³-hybridized carbons (Fsp3) is 0.389.